The summed E-state index contributed by atoms with van der Waals surface area (Å²) in [5, 5.41) is 0. The fraction of sp³-hybridized carbons (Fsp3) is 0.917. The van der Waals surface area contributed by atoms with Crippen molar-refractivity contribution in [1.29, 1.82) is 0 Å². The van der Waals surface area contributed by atoms with E-state index in [0.29, 0.717) is 25.6 Å². The summed E-state index contributed by atoms with van der Waals surface area (Å²) in [5.74, 6) is 0.664. The van der Waals surface area contributed by atoms with Gasteiger partial charge >= 0.3 is 0 Å². The molecule has 0 atom stereocenters. The molecule has 0 fully saturated rings. The summed E-state index contributed by atoms with van der Waals surface area (Å²) < 4.78 is 11.0. The van der Waals surface area contributed by atoms with Crippen molar-refractivity contribution in [3.63, 3.8) is 0 Å². The second-order valence-electron chi connectivity index (χ2n) is 4.80. The van der Waals surface area contributed by atoms with E-state index in [1.807, 2.05) is 13.8 Å². The summed E-state index contributed by atoms with van der Waals surface area (Å²) >= 11 is 0. The van der Waals surface area contributed by atoms with Crippen molar-refractivity contribution >= 4 is 6.29 Å². The molecule has 0 saturated carbocycles. The highest BCUT2D eigenvalue weighted by molar-refractivity contribution is 5.49. The molecular weight excluding hydrogens is 192 g/mol. The molecule has 0 rings (SSSR count). The Morgan fingerprint density at radius 3 is 2.47 bits per heavy atom. The highest BCUT2D eigenvalue weighted by atomic mass is 16.5. The number of hydrogen-bond donors (Lipinski definition) is 0. The van der Waals surface area contributed by atoms with E-state index < -0.39 is 0 Å². The van der Waals surface area contributed by atoms with E-state index in [1.54, 1.807) is 0 Å². The van der Waals surface area contributed by atoms with Gasteiger partial charge in [-0.25, -0.2) is 0 Å². The van der Waals surface area contributed by atoms with E-state index in [-0.39, 0.29) is 5.60 Å². The molecule has 3 heteroatoms. The molecule has 0 saturated heterocycles. The highest BCUT2D eigenvalue weighted by Gasteiger charge is 2.18. The van der Waals surface area contributed by atoms with Crippen LogP contribution in [0, 0.1) is 5.92 Å². The van der Waals surface area contributed by atoms with Crippen molar-refractivity contribution in [2.75, 3.05) is 19.8 Å². The van der Waals surface area contributed by atoms with Crippen molar-refractivity contribution in [2.24, 2.45) is 5.92 Å². The maximum Gasteiger partial charge on any atom is 0.122 e. The Morgan fingerprint density at radius 1 is 1.27 bits per heavy atom. The zero-order valence-electron chi connectivity index (χ0n) is 10.4. The van der Waals surface area contributed by atoms with Crippen LogP contribution >= 0.6 is 0 Å². The molecule has 90 valence electrons. The molecule has 0 radical (unpaired) electrons. The van der Waals surface area contributed by atoms with Crippen LogP contribution in [0.25, 0.3) is 0 Å². The van der Waals surface area contributed by atoms with E-state index in [1.165, 1.54) is 0 Å². The maximum atomic E-state index is 10.1. The summed E-state index contributed by atoms with van der Waals surface area (Å²) in [7, 11) is 0. The second-order valence-corrected chi connectivity index (χ2v) is 4.80. The molecule has 0 aliphatic heterocycles. The Bertz CT molecular complexity index is 164. The van der Waals surface area contributed by atoms with Gasteiger partial charge in [0.25, 0.3) is 0 Å². The molecule has 0 heterocycles. The third-order valence-electron chi connectivity index (χ3n) is 2.02. The molecule has 0 spiro atoms. The zero-order valence-corrected chi connectivity index (χ0v) is 10.4. The monoisotopic (exact) mass is 216 g/mol. The number of ether oxygens (including phenoxy) is 2. The summed E-state index contributed by atoms with van der Waals surface area (Å²) in [6.07, 6.45) is 2.40. The number of hydrogen-bond acceptors (Lipinski definition) is 3. The van der Waals surface area contributed by atoms with Crippen LogP contribution in [0.2, 0.25) is 0 Å². The molecule has 0 amide bonds. The second kappa shape index (κ2) is 7.83. The first-order valence-corrected chi connectivity index (χ1v) is 5.63. The van der Waals surface area contributed by atoms with Crippen LogP contribution in [0.5, 0.6) is 0 Å². The molecular formula is C12H24O3. The topological polar surface area (TPSA) is 35.5 Å². The van der Waals surface area contributed by atoms with E-state index >= 15 is 0 Å². The van der Waals surface area contributed by atoms with E-state index in [0.717, 1.165) is 19.3 Å². The van der Waals surface area contributed by atoms with Gasteiger partial charge in [-0.1, -0.05) is 13.8 Å². The number of aldehydes is 1. The average molecular weight is 216 g/mol. The van der Waals surface area contributed by atoms with Gasteiger partial charge in [-0.2, -0.15) is 0 Å². The summed E-state index contributed by atoms with van der Waals surface area (Å²) in [5.41, 5.74) is -0.252. The number of carbonyl (C=O) groups is 1. The lowest BCUT2D eigenvalue weighted by atomic mass is 10.1. The lowest BCUT2D eigenvalue weighted by Gasteiger charge is -2.25. The third-order valence-corrected chi connectivity index (χ3v) is 2.02. The van der Waals surface area contributed by atoms with Gasteiger partial charge in [0.2, 0.25) is 0 Å². The molecule has 15 heavy (non-hydrogen) atoms. The average Bonchev–Trinajstić information content (AvgIpc) is 2.11. The zero-order chi connectivity index (χ0) is 11.7. The molecule has 3 nitrogen and oxygen atoms in total. The predicted octanol–water partition coefficient (Wildman–Crippen LogP) is 2.43. The van der Waals surface area contributed by atoms with Gasteiger partial charge in [0.1, 0.15) is 6.29 Å². The summed E-state index contributed by atoms with van der Waals surface area (Å²) in [4.78, 5) is 10.1. The molecule has 0 aromatic carbocycles. The quantitative estimate of drug-likeness (QED) is 0.438. The molecule has 0 bridgehead atoms. The normalized spacial score (nSPS) is 12.1. The largest absolute Gasteiger partial charge is 0.378 e. The molecule has 0 N–H and O–H groups in total. The number of rotatable bonds is 9. The van der Waals surface area contributed by atoms with Gasteiger partial charge in [-0.15, -0.1) is 0 Å². The van der Waals surface area contributed by atoms with Crippen LogP contribution in [-0.2, 0) is 14.3 Å². The van der Waals surface area contributed by atoms with Crippen LogP contribution in [0.1, 0.15) is 40.5 Å². The molecule has 0 aliphatic carbocycles. The highest BCUT2D eigenvalue weighted by Crippen LogP contribution is 2.12. The Morgan fingerprint density at radius 2 is 1.93 bits per heavy atom. The van der Waals surface area contributed by atoms with Gasteiger partial charge in [0, 0.05) is 13.0 Å². The van der Waals surface area contributed by atoms with E-state index in [4.69, 9.17) is 9.47 Å². The number of carbonyl (C=O) groups excluding carboxylic acids is 1. The fourth-order valence-electron chi connectivity index (χ4n) is 1.06. The predicted molar refractivity (Wildman–Crippen MR) is 61.0 cm³/mol. The first kappa shape index (κ1) is 14.6. The minimum atomic E-state index is -0.252. The van der Waals surface area contributed by atoms with Crippen molar-refractivity contribution in [3.05, 3.63) is 0 Å². The fourth-order valence-corrected chi connectivity index (χ4v) is 1.06. The Kier molecular flexibility index (Phi) is 7.61. The van der Waals surface area contributed by atoms with Crippen LogP contribution in [-0.4, -0.2) is 31.7 Å². The minimum absolute atomic E-state index is 0.252. The molecule has 0 aromatic rings. The van der Waals surface area contributed by atoms with Crippen molar-refractivity contribution in [2.45, 2.75) is 46.1 Å². The SMILES string of the molecule is CC(C)CCOC(C)(C)COCCC=O. The Balaban J connectivity index is 3.52. The standard InChI is InChI=1S/C12H24O3/c1-11(2)6-9-15-12(3,4)10-14-8-5-7-13/h7,11H,5-6,8-10H2,1-4H3. The van der Waals surface area contributed by atoms with Gasteiger partial charge in [0.15, 0.2) is 0 Å². The van der Waals surface area contributed by atoms with Gasteiger partial charge in [0.05, 0.1) is 18.8 Å². The maximum absolute atomic E-state index is 10.1. The van der Waals surface area contributed by atoms with Crippen LogP contribution in [0.3, 0.4) is 0 Å². The smallest absolute Gasteiger partial charge is 0.122 e. The lowest BCUT2D eigenvalue weighted by Crippen LogP contribution is -2.31. The summed E-state index contributed by atoms with van der Waals surface area (Å²) in [6.45, 7) is 10.2. The van der Waals surface area contributed by atoms with Crippen molar-refractivity contribution in [3.8, 4) is 0 Å². The lowest BCUT2D eigenvalue weighted by molar-refractivity contribution is -0.110. The van der Waals surface area contributed by atoms with Crippen LogP contribution in [0.4, 0.5) is 0 Å². The molecule has 0 aromatic heterocycles. The molecule has 0 unspecified atom stereocenters. The van der Waals surface area contributed by atoms with Crippen molar-refractivity contribution < 1.29 is 14.3 Å². The van der Waals surface area contributed by atoms with Gasteiger partial charge in [-0.05, 0) is 26.2 Å². The van der Waals surface area contributed by atoms with Gasteiger partial charge in [-0.3, -0.25) is 0 Å². The Hall–Kier alpha value is -0.410. The van der Waals surface area contributed by atoms with Crippen LogP contribution in [0.15, 0.2) is 0 Å². The van der Waals surface area contributed by atoms with E-state index in [9.17, 15) is 4.79 Å². The van der Waals surface area contributed by atoms with Crippen molar-refractivity contribution in [1.82, 2.24) is 0 Å². The molecule has 0 aliphatic rings. The Labute approximate surface area is 93.1 Å². The summed E-state index contributed by atoms with van der Waals surface area (Å²) in [6, 6.07) is 0. The van der Waals surface area contributed by atoms with Gasteiger partial charge < -0.3 is 14.3 Å². The third kappa shape index (κ3) is 9.88. The first-order valence-electron chi connectivity index (χ1n) is 5.63. The minimum Gasteiger partial charge on any atom is -0.378 e. The first-order chi connectivity index (χ1) is 6.98. The van der Waals surface area contributed by atoms with Crippen LogP contribution < -0.4 is 0 Å². The van der Waals surface area contributed by atoms with E-state index in [2.05, 4.69) is 13.8 Å².